The minimum atomic E-state index is -0.366. The molecule has 6 nitrogen and oxygen atoms in total. The average Bonchev–Trinajstić information content (AvgIpc) is 2.71. The third kappa shape index (κ3) is 8.50. The highest BCUT2D eigenvalue weighted by Gasteiger charge is 2.08. The predicted molar refractivity (Wildman–Crippen MR) is 118 cm³/mol. The van der Waals surface area contributed by atoms with Crippen molar-refractivity contribution in [1.82, 2.24) is 5.32 Å². The molecule has 2 aromatic carbocycles. The van der Waals surface area contributed by atoms with Crippen LogP contribution in [0.5, 0.6) is 5.75 Å². The molecule has 0 unspecified atom stereocenters. The maximum atomic E-state index is 12.0. The number of anilines is 1. The number of carbonyl (C=O) groups is 2. The molecule has 2 aromatic rings. The molecule has 0 aliphatic carbocycles. The first-order valence-electron chi connectivity index (χ1n) is 9.24. The second-order valence-electron chi connectivity index (χ2n) is 6.12. The standard InChI is InChI=1S/C21H23ClN2O4S/c1-2-13-28-20(26)15-5-9-17(10-6-15)23-21(29)24-19(25)4-3-14-27-18-11-7-16(22)8-12-18/h5-12H,2-4,13-14H2,1H3,(H2,23,24,25,29). The van der Waals surface area contributed by atoms with Gasteiger partial charge in [-0.3, -0.25) is 4.79 Å². The average molecular weight is 435 g/mol. The maximum Gasteiger partial charge on any atom is 0.338 e. The van der Waals surface area contributed by atoms with Crippen molar-refractivity contribution in [3.63, 3.8) is 0 Å². The van der Waals surface area contributed by atoms with Gasteiger partial charge >= 0.3 is 5.97 Å². The fourth-order valence-electron chi connectivity index (χ4n) is 2.27. The number of amides is 1. The molecule has 2 rings (SSSR count). The van der Waals surface area contributed by atoms with Crippen LogP contribution < -0.4 is 15.4 Å². The molecule has 0 aliphatic heterocycles. The SMILES string of the molecule is CCCOC(=O)c1ccc(NC(=S)NC(=O)CCCOc2ccc(Cl)cc2)cc1. The Morgan fingerprint density at radius 2 is 1.72 bits per heavy atom. The lowest BCUT2D eigenvalue weighted by atomic mass is 10.2. The van der Waals surface area contributed by atoms with Crippen LogP contribution in [0.15, 0.2) is 48.5 Å². The van der Waals surface area contributed by atoms with E-state index in [0.29, 0.717) is 41.7 Å². The fraction of sp³-hybridized carbons (Fsp3) is 0.286. The molecule has 0 atom stereocenters. The summed E-state index contributed by atoms with van der Waals surface area (Å²) in [6.45, 7) is 2.73. The Morgan fingerprint density at radius 1 is 1.03 bits per heavy atom. The quantitative estimate of drug-likeness (QED) is 0.342. The number of carbonyl (C=O) groups excluding carboxylic acids is 2. The summed E-state index contributed by atoms with van der Waals surface area (Å²) in [6, 6.07) is 13.7. The summed E-state index contributed by atoms with van der Waals surface area (Å²) in [5.41, 5.74) is 1.12. The lowest BCUT2D eigenvalue weighted by molar-refractivity contribution is -0.119. The molecule has 0 radical (unpaired) electrons. The summed E-state index contributed by atoms with van der Waals surface area (Å²) in [4.78, 5) is 23.7. The monoisotopic (exact) mass is 434 g/mol. The van der Waals surface area contributed by atoms with E-state index >= 15 is 0 Å². The Kier molecular flexibility index (Phi) is 9.40. The van der Waals surface area contributed by atoms with E-state index in [4.69, 9.17) is 33.3 Å². The Balaban J connectivity index is 1.68. The van der Waals surface area contributed by atoms with Gasteiger partial charge in [0.05, 0.1) is 18.8 Å². The van der Waals surface area contributed by atoms with E-state index in [2.05, 4.69) is 10.6 Å². The lowest BCUT2D eigenvalue weighted by Gasteiger charge is -2.10. The number of ether oxygens (including phenoxy) is 2. The van der Waals surface area contributed by atoms with Gasteiger partial charge in [-0.25, -0.2) is 4.79 Å². The highest BCUT2D eigenvalue weighted by Crippen LogP contribution is 2.15. The second-order valence-corrected chi connectivity index (χ2v) is 6.97. The van der Waals surface area contributed by atoms with Crippen molar-refractivity contribution >= 4 is 46.5 Å². The number of hydrogen-bond donors (Lipinski definition) is 2. The zero-order valence-electron chi connectivity index (χ0n) is 16.1. The Labute approximate surface area is 180 Å². The molecule has 0 saturated heterocycles. The van der Waals surface area contributed by atoms with E-state index in [1.807, 2.05) is 6.92 Å². The second kappa shape index (κ2) is 12.0. The molecule has 154 valence electrons. The molecule has 2 N–H and O–H groups in total. The van der Waals surface area contributed by atoms with Crippen molar-refractivity contribution in [2.45, 2.75) is 26.2 Å². The third-order valence-electron chi connectivity index (χ3n) is 3.70. The van der Waals surface area contributed by atoms with Gasteiger partial charge in [-0.15, -0.1) is 0 Å². The van der Waals surface area contributed by atoms with Crippen LogP contribution in [0.1, 0.15) is 36.5 Å². The van der Waals surface area contributed by atoms with Crippen LogP contribution in [0.25, 0.3) is 0 Å². The summed E-state index contributed by atoms with van der Waals surface area (Å²) in [5.74, 6) is 0.131. The van der Waals surface area contributed by atoms with Crippen molar-refractivity contribution < 1.29 is 19.1 Å². The van der Waals surface area contributed by atoms with E-state index in [1.54, 1.807) is 48.5 Å². The van der Waals surface area contributed by atoms with Crippen LogP contribution in [0, 0.1) is 0 Å². The van der Waals surface area contributed by atoms with Crippen LogP contribution in [-0.4, -0.2) is 30.2 Å². The molecular formula is C21H23ClN2O4S. The highest BCUT2D eigenvalue weighted by atomic mass is 35.5. The van der Waals surface area contributed by atoms with Crippen LogP contribution in [0.3, 0.4) is 0 Å². The summed E-state index contributed by atoms with van der Waals surface area (Å²) in [6.07, 6.45) is 1.59. The molecule has 0 saturated carbocycles. The van der Waals surface area contributed by atoms with Gasteiger partial charge in [0.1, 0.15) is 5.75 Å². The van der Waals surface area contributed by atoms with E-state index < -0.39 is 0 Å². The zero-order chi connectivity index (χ0) is 21.1. The highest BCUT2D eigenvalue weighted by molar-refractivity contribution is 7.80. The van der Waals surface area contributed by atoms with E-state index in [-0.39, 0.29) is 23.4 Å². The van der Waals surface area contributed by atoms with Crippen molar-refractivity contribution in [3.8, 4) is 5.75 Å². The number of halogens is 1. The van der Waals surface area contributed by atoms with Gasteiger partial charge in [0.15, 0.2) is 5.11 Å². The van der Waals surface area contributed by atoms with Crippen molar-refractivity contribution in [3.05, 3.63) is 59.1 Å². The largest absolute Gasteiger partial charge is 0.494 e. The van der Waals surface area contributed by atoms with Gasteiger partial charge in [-0.2, -0.15) is 0 Å². The van der Waals surface area contributed by atoms with Gasteiger partial charge in [0, 0.05) is 17.1 Å². The minimum Gasteiger partial charge on any atom is -0.494 e. The number of rotatable bonds is 9. The van der Waals surface area contributed by atoms with E-state index in [1.165, 1.54) is 0 Å². The first-order chi connectivity index (χ1) is 14.0. The number of hydrogen-bond acceptors (Lipinski definition) is 5. The van der Waals surface area contributed by atoms with Crippen LogP contribution >= 0.6 is 23.8 Å². The summed E-state index contributed by atoms with van der Waals surface area (Å²) >= 11 is 11.0. The van der Waals surface area contributed by atoms with Gasteiger partial charge in [0.2, 0.25) is 5.91 Å². The summed E-state index contributed by atoms with van der Waals surface area (Å²) in [7, 11) is 0. The Morgan fingerprint density at radius 3 is 2.38 bits per heavy atom. The molecule has 1 amide bonds. The van der Waals surface area contributed by atoms with Gasteiger partial charge < -0.3 is 20.1 Å². The molecule has 8 heteroatoms. The summed E-state index contributed by atoms with van der Waals surface area (Å²) < 4.78 is 10.6. The Hall–Kier alpha value is -2.64. The predicted octanol–water partition coefficient (Wildman–Crippen LogP) is 4.58. The third-order valence-corrected chi connectivity index (χ3v) is 4.16. The van der Waals surface area contributed by atoms with Crippen molar-refractivity contribution in [2.75, 3.05) is 18.5 Å². The lowest BCUT2D eigenvalue weighted by Crippen LogP contribution is -2.34. The molecule has 29 heavy (non-hydrogen) atoms. The van der Waals surface area contributed by atoms with Gasteiger partial charge in [-0.05, 0) is 73.6 Å². The number of esters is 1. The number of benzene rings is 2. The molecule has 0 spiro atoms. The van der Waals surface area contributed by atoms with Crippen molar-refractivity contribution in [1.29, 1.82) is 0 Å². The molecule has 0 bridgehead atoms. The first-order valence-corrected chi connectivity index (χ1v) is 10.0. The maximum absolute atomic E-state index is 12.0. The topological polar surface area (TPSA) is 76.7 Å². The van der Waals surface area contributed by atoms with Gasteiger partial charge in [0.25, 0.3) is 0 Å². The number of nitrogens with one attached hydrogen (secondary N) is 2. The molecule has 0 fully saturated rings. The fourth-order valence-corrected chi connectivity index (χ4v) is 2.63. The summed E-state index contributed by atoms with van der Waals surface area (Å²) in [5, 5.41) is 6.36. The zero-order valence-corrected chi connectivity index (χ0v) is 17.6. The van der Waals surface area contributed by atoms with Crippen LogP contribution in [0.2, 0.25) is 5.02 Å². The number of thiocarbonyl (C=S) groups is 1. The molecule has 0 heterocycles. The van der Waals surface area contributed by atoms with Crippen LogP contribution in [0.4, 0.5) is 5.69 Å². The molecule has 0 aliphatic rings. The first kappa shape index (κ1) is 22.6. The van der Waals surface area contributed by atoms with E-state index in [9.17, 15) is 9.59 Å². The minimum absolute atomic E-state index is 0.190. The normalized spacial score (nSPS) is 10.1. The molecular weight excluding hydrogens is 412 g/mol. The van der Waals surface area contributed by atoms with E-state index in [0.717, 1.165) is 6.42 Å². The van der Waals surface area contributed by atoms with Crippen LogP contribution in [-0.2, 0) is 9.53 Å². The van der Waals surface area contributed by atoms with Gasteiger partial charge in [-0.1, -0.05) is 18.5 Å². The smallest absolute Gasteiger partial charge is 0.338 e. The molecule has 0 aromatic heterocycles. The Bertz CT molecular complexity index is 826. The van der Waals surface area contributed by atoms with Crippen molar-refractivity contribution in [2.24, 2.45) is 0 Å².